The van der Waals surface area contributed by atoms with Crippen molar-refractivity contribution in [3.05, 3.63) is 0 Å². The van der Waals surface area contributed by atoms with Gasteiger partial charge in [-0.25, -0.2) is 4.39 Å². The van der Waals surface area contributed by atoms with Gasteiger partial charge in [-0.2, -0.15) is 0 Å². The predicted molar refractivity (Wildman–Crippen MR) is 51.4 cm³/mol. The molecule has 0 spiro atoms. The van der Waals surface area contributed by atoms with Crippen molar-refractivity contribution in [2.24, 2.45) is 5.73 Å². The summed E-state index contributed by atoms with van der Waals surface area (Å²) in [5.41, 5.74) is 4.59. The number of halogens is 1. The van der Waals surface area contributed by atoms with Crippen molar-refractivity contribution in [2.45, 2.75) is 57.3 Å². The zero-order valence-corrected chi connectivity index (χ0v) is 8.55. The first-order valence-electron chi connectivity index (χ1n) is 5.08. The van der Waals surface area contributed by atoms with Crippen LogP contribution in [0.15, 0.2) is 0 Å². The van der Waals surface area contributed by atoms with E-state index in [0.29, 0.717) is 12.8 Å². The molecule has 1 rings (SSSR count). The van der Waals surface area contributed by atoms with Gasteiger partial charge in [-0.3, -0.25) is 0 Å². The van der Waals surface area contributed by atoms with E-state index in [1.807, 2.05) is 13.8 Å². The number of hydrogen-bond acceptors (Lipinski definition) is 2. The third kappa shape index (κ3) is 3.61. The highest BCUT2D eigenvalue weighted by atomic mass is 19.1. The lowest BCUT2D eigenvalue weighted by atomic mass is 9.84. The first kappa shape index (κ1) is 10.9. The van der Waals surface area contributed by atoms with Crippen LogP contribution in [0.1, 0.15) is 39.5 Å². The molecule has 0 aliphatic heterocycles. The van der Waals surface area contributed by atoms with Crippen molar-refractivity contribution >= 4 is 0 Å². The monoisotopic (exact) mass is 189 g/mol. The summed E-state index contributed by atoms with van der Waals surface area (Å²) in [5.74, 6) is 0. The zero-order chi connectivity index (χ0) is 9.90. The first-order valence-corrected chi connectivity index (χ1v) is 5.08. The molecule has 2 N–H and O–H groups in total. The molecule has 0 aromatic carbocycles. The second-order valence-electron chi connectivity index (χ2n) is 4.35. The summed E-state index contributed by atoms with van der Waals surface area (Å²) < 4.78 is 19.2. The lowest BCUT2D eigenvalue weighted by Gasteiger charge is -2.32. The van der Waals surface area contributed by atoms with E-state index in [9.17, 15) is 4.39 Å². The number of ether oxygens (including phenoxy) is 1. The van der Waals surface area contributed by atoms with E-state index in [2.05, 4.69) is 0 Å². The highest BCUT2D eigenvalue weighted by Gasteiger charge is 2.34. The maximum Gasteiger partial charge on any atom is 0.134 e. The Kier molecular flexibility index (Phi) is 3.68. The molecular weight excluding hydrogens is 169 g/mol. The van der Waals surface area contributed by atoms with Crippen molar-refractivity contribution in [1.29, 1.82) is 0 Å². The van der Waals surface area contributed by atoms with Crippen LogP contribution in [0.2, 0.25) is 0 Å². The van der Waals surface area contributed by atoms with Crippen molar-refractivity contribution < 1.29 is 9.13 Å². The van der Waals surface area contributed by atoms with Crippen LogP contribution < -0.4 is 5.73 Å². The van der Waals surface area contributed by atoms with Crippen LogP contribution >= 0.6 is 0 Å². The molecule has 3 heteroatoms. The van der Waals surface area contributed by atoms with Gasteiger partial charge in [0.15, 0.2) is 0 Å². The molecule has 1 aliphatic rings. The van der Waals surface area contributed by atoms with E-state index in [-0.39, 0.29) is 18.8 Å². The summed E-state index contributed by atoms with van der Waals surface area (Å²) in [6.45, 7) is 4.09. The van der Waals surface area contributed by atoms with Gasteiger partial charge in [0.1, 0.15) is 5.67 Å². The third-order valence-electron chi connectivity index (χ3n) is 2.60. The van der Waals surface area contributed by atoms with E-state index in [1.165, 1.54) is 0 Å². The number of rotatable bonds is 3. The molecule has 0 saturated heterocycles. The van der Waals surface area contributed by atoms with E-state index < -0.39 is 5.67 Å². The maximum atomic E-state index is 13.9. The average molecular weight is 189 g/mol. The van der Waals surface area contributed by atoms with E-state index in [0.717, 1.165) is 12.8 Å². The Bertz CT molecular complexity index is 153. The Hall–Kier alpha value is -0.150. The number of nitrogens with two attached hydrogens (primary N) is 1. The molecule has 0 atom stereocenters. The minimum atomic E-state index is -1.11. The van der Waals surface area contributed by atoms with Crippen molar-refractivity contribution in [1.82, 2.24) is 0 Å². The molecule has 0 heterocycles. The lowest BCUT2D eigenvalue weighted by molar-refractivity contribution is -0.0340. The van der Waals surface area contributed by atoms with Crippen molar-refractivity contribution in [3.63, 3.8) is 0 Å². The molecule has 13 heavy (non-hydrogen) atoms. The van der Waals surface area contributed by atoms with Gasteiger partial charge in [-0.15, -0.1) is 0 Å². The summed E-state index contributed by atoms with van der Waals surface area (Å²) in [7, 11) is 0. The zero-order valence-electron chi connectivity index (χ0n) is 8.55. The van der Waals surface area contributed by atoms with Crippen LogP contribution in [0.3, 0.4) is 0 Å². The molecule has 0 aromatic rings. The minimum Gasteiger partial charge on any atom is -0.375 e. The largest absolute Gasteiger partial charge is 0.375 e. The summed E-state index contributed by atoms with van der Waals surface area (Å²) >= 11 is 0. The fourth-order valence-corrected chi connectivity index (χ4v) is 1.62. The molecule has 0 bridgehead atoms. The molecule has 1 aliphatic carbocycles. The third-order valence-corrected chi connectivity index (χ3v) is 2.60. The fourth-order valence-electron chi connectivity index (χ4n) is 1.62. The van der Waals surface area contributed by atoms with Crippen LogP contribution in [0.25, 0.3) is 0 Å². The first-order chi connectivity index (χ1) is 6.02. The fraction of sp³-hybridized carbons (Fsp3) is 1.00. The average Bonchev–Trinajstić information content (AvgIpc) is 2.08. The van der Waals surface area contributed by atoms with Gasteiger partial charge in [0.2, 0.25) is 0 Å². The van der Waals surface area contributed by atoms with Gasteiger partial charge in [0.25, 0.3) is 0 Å². The minimum absolute atomic E-state index is 0.114. The van der Waals surface area contributed by atoms with Gasteiger partial charge < -0.3 is 10.5 Å². The van der Waals surface area contributed by atoms with Gasteiger partial charge in [0.05, 0.1) is 12.7 Å². The summed E-state index contributed by atoms with van der Waals surface area (Å²) in [6, 6.07) is 0.197. The van der Waals surface area contributed by atoms with E-state index in [4.69, 9.17) is 10.5 Å². The van der Waals surface area contributed by atoms with E-state index >= 15 is 0 Å². The number of alkyl halides is 1. The van der Waals surface area contributed by atoms with Gasteiger partial charge in [0, 0.05) is 6.04 Å². The molecular formula is C10H20FNO. The molecule has 0 aromatic heterocycles. The molecule has 78 valence electrons. The summed E-state index contributed by atoms with van der Waals surface area (Å²) in [6.07, 6.45) is 2.81. The van der Waals surface area contributed by atoms with Crippen molar-refractivity contribution in [2.75, 3.05) is 6.61 Å². The van der Waals surface area contributed by atoms with Crippen LogP contribution in [-0.2, 0) is 4.74 Å². The molecule has 0 radical (unpaired) electrons. The Morgan fingerprint density at radius 3 is 2.46 bits per heavy atom. The Labute approximate surface area is 79.6 Å². The molecule has 0 amide bonds. The Morgan fingerprint density at radius 2 is 2.00 bits per heavy atom. The second-order valence-corrected chi connectivity index (χ2v) is 4.35. The lowest BCUT2D eigenvalue weighted by Crippen LogP contribution is -2.39. The van der Waals surface area contributed by atoms with E-state index in [1.54, 1.807) is 0 Å². The molecule has 1 fully saturated rings. The molecule has 2 nitrogen and oxygen atoms in total. The topological polar surface area (TPSA) is 35.2 Å². The highest BCUT2D eigenvalue weighted by molar-refractivity contribution is 4.87. The van der Waals surface area contributed by atoms with Crippen LogP contribution in [-0.4, -0.2) is 24.4 Å². The standard InChI is InChI=1S/C10H20FNO/c1-8(2)13-7-10(11)5-3-9(12)4-6-10/h8-9H,3-7,12H2,1-2H3. The van der Waals surface area contributed by atoms with Crippen LogP contribution in [0.4, 0.5) is 4.39 Å². The predicted octanol–water partition coefficient (Wildman–Crippen LogP) is 2.02. The van der Waals surface area contributed by atoms with Crippen LogP contribution in [0, 0.1) is 0 Å². The van der Waals surface area contributed by atoms with Gasteiger partial charge in [-0.05, 0) is 39.5 Å². The second kappa shape index (κ2) is 4.38. The van der Waals surface area contributed by atoms with Crippen LogP contribution in [0.5, 0.6) is 0 Å². The Morgan fingerprint density at radius 1 is 1.46 bits per heavy atom. The normalized spacial score (nSPS) is 35.3. The summed E-state index contributed by atoms with van der Waals surface area (Å²) in [4.78, 5) is 0. The highest BCUT2D eigenvalue weighted by Crippen LogP contribution is 2.31. The summed E-state index contributed by atoms with van der Waals surface area (Å²) in [5, 5.41) is 0. The van der Waals surface area contributed by atoms with Gasteiger partial charge in [-0.1, -0.05) is 0 Å². The molecule has 1 saturated carbocycles. The maximum absolute atomic E-state index is 13.9. The smallest absolute Gasteiger partial charge is 0.134 e. The quantitative estimate of drug-likeness (QED) is 0.737. The Balaban J connectivity index is 2.30. The number of hydrogen-bond donors (Lipinski definition) is 1. The van der Waals surface area contributed by atoms with Gasteiger partial charge >= 0.3 is 0 Å². The molecule has 0 unspecified atom stereocenters. The SMILES string of the molecule is CC(C)OCC1(F)CCC(N)CC1. The van der Waals surface area contributed by atoms with Crippen molar-refractivity contribution in [3.8, 4) is 0 Å².